The Balaban J connectivity index is 0.000000174. The van der Waals surface area contributed by atoms with Crippen LogP contribution in [-0.2, 0) is 4.79 Å². The maximum Gasteiger partial charge on any atom is 0.321 e. The third-order valence-corrected chi connectivity index (χ3v) is 18.6. The number of nitrogens with zero attached hydrogens (tertiary/aromatic N) is 6. The summed E-state index contributed by atoms with van der Waals surface area (Å²) < 4.78 is 0. The summed E-state index contributed by atoms with van der Waals surface area (Å²) in [7, 11) is 6.48. The molecule has 5 aromatic rings. The Kier molecular flexibility index (Phi) is 29.8. The first kappa shape index (κ1) is 70.5. The molecule has 0 aromatic heterocycles. The van der Waals surface area contributed by atoms with E-state index in [1.54, 1.807) is 5.56 Å². The second-order valence-electron chi connectivity index (χ2n) is 27.1. The fourth-order valence-corrected chi connectivity index (χ4v) is 11.9. The van der Waals surface area contributed by atoms with Crippen LogP contribution in [0.4, 0.5) is 16.2 Å². The van der Waals surface area contributed by atoms with Gasteiger partial charge in [-0.15, -0.1) is 0 Å². The van der Waals surface area contributed by atoms with Crippen molar-refractivity contribution in [3.05, 3.63) is 172 Å². The van der Waals surface area contributed by atoms with Gasteiger partial charge in [0.2, 0.25) is 5.91 Å². The highest BCUT2D eigenvalue weighted by molar-refractivity contribution is 5.91. The highest BCUT2D eigenvalue weighted by Crippen LogP contribution is 2.31. The largest absolute Gasteiger partial charge is 0.326 e. The van der Waals surface area contributed by atoms with Crippen LogP contribution in [0.25, 0.3) is 5.57 Å². The molecule has 0 spiro atoms. The maximum atomic E-state index is 12.1. The number of benzene rings is 5. The molecule has 0 unspecified atom stereocenters. The number of piperazine rings is 1. The normalized spacial score (nSPS) is 17.6. The van der Waals surface area contributed by atoms with Gasteiger partial charge in [-0.1, -0.05) is 179 Å². The summed E-state index contributed by atoms with van der Waals surface area (Å²) in [6.45, 7) is 39.6. The van der Waals surface area contributed by atoms with Crippen LogP contribution in [0.3, 0.4) is 0 Å². The Morgan fingerprint density at radius 3 is 1.23 bits per heavy atom. The van der Waals surface area contributed by atoms with Crippen LogP contribution >= 0.6 is 0 Å². The van der Waals surface area contributed by atoms with Crippen molar-refractivity contribution in [2.24, 2.45) is 0 Å². The summed E-state index contributed by atoms with van der Waals surface area (Å²) in [5.74, 6) is 4.65. The minimum atomic E-state index is 0.00500. The Labute approximate surface area is 529 Å². The van der Waals surface area contributed by atoms with Crippen molar-refractivity contribution >= 4 is 28.9 Å². The first-order chi connectivity index (χ1) is 41.7. The number of likely N-dealkylation sites (tertiary alicyclic amines) is 3. The third kappa shape index (κ3) is 24.4. The molecule has 0 saturated carbocycles. The summed E-state index contributed by atoms with van der Waals surface area (Å²) in [5, 5.41) is 5.93. The SMILES string of the molecule is CC(C)c1ccc(C2=CCN(C)CC2)cc1.CC(C)c1ccc(C2CCN(C)CC2)cc1.CC(C)c1ccc(NC(=O)CCN2CCCC2)cc1.CC(C)c1ccc(NC(=O)N2CCN(C)CC2)cc1.CCN1CCC(c2ccc(C(C)C)cc2)CC1. The Hall–Kier alpha value is -5.62. The van der Waals surface area contributed by atoms with Crippen molar-refractivity contribution in [2.45, 2.75) is 169 Å². The highest BCUT2D eigenvalue weighted by atomic mass is 16.2. The molecule has 10 rings (SSSR count). The molecule has 5 heterocycles. The van der Waals surface area contributed by atoms with Gasteiger partial charge in [0.15, 0.2) is 0 Å². The smallest absolute Gasteiger partial charge is 0.321 e. The van der Waals surface area contributed by atoms with Crippen LogP contribution in [0.5, 0.6) is 0 Å². The van der Waals surface area contributed by atoms with Crippen LogP contribution in [0.15, 0.2) is 127 Å². The van der Waals surface area contributed by atoms with Gasteiger partial charge in [-0.3, -0.25) is 4.79 Å². The lowest BCUT2D eigenvalue weighted by molar-refractivity contribution is -0.116. The molecule has 87 heavy (non-hydrogen) atoms. The molecule has 0 atom stereocenters. The number of piperidine rings is 2. The lowest BCUT2D eigenvalue weighted by atomic mass is 9.88. The standard InChI is InChI=1S/C16H24N2O.C16H25N.C15H23N3O.C15H23N.C15H21N/c1-13(2)14-5-7-15(8-6-14)17-16(19)9-12-18-10-3-4-11-18;1-4-17-11-9-16(10-12-17)15-7-5-14(6-8-15)13(2)3;1-12(2)13-4-6-14(7-5-13)16-15(19)18-10-8-17(3)9-11-18;2*1-12(2)13-4-6-14(7-5-13)15-8-10-16(3)11-9-15/h5-8,13H,3-4,9-12H2,1-2H3,(H,17,19);5-8,13,16H,4,9-12H2,1-3H3;4-7,12H,8-11H2,1-3H3,(H,16,19);4-7,12,15H,8-11H2,1-3H3;4-8,12H,9-11H2,1-3H3. The third-order valence-electron chi connectivity index (χ3n) is 18.6. The molecule has 4 fully saturated rings. The number of carbonyl (C=O) groups is 2. The van der Waals surface area contributed by atoms with Crippen LogP contribution in [-0.4, -0.2) is 154 Å². The molecule has 5 aromatic carbocycles. The number of hydrogen-bond donors (Lipinski definition) is 2. The molecule has 5 aliphatic rings. The number of urea groups is 1. The van der Waals surface area contributed by atoms with Crippen molar-refractivity contribution in [1.29, 1.82) is 0 Å². The molecule has 5 aliphatic heterocycles. The van der Waals surface area contributed by atoms with E-state index in [4.69, 9.17) is 0 Å². The summed E-state index contributed by atoms with van der Waals surface area (Å²) in [6, 6.07) is 43.9. The quantitative estimate of drug-likeness (QED) is 0.115. The van der Waals surface area contributed by atoms with E-state index in [2.05, 4.69) is 236 Å². The minimum Gasteiger partial charge on any atom is -0.326 e. The molecule has 476 valence electrons. The molecule has 4 saturated heterocycles. The van der Waals surface area contributed by atoms with E-state index < -0.39 is 0 Å². The van der Waals surface area contributed by atoms with E-state index in [0.717, 1.165) is 75.6 Å². The summed E-state index contributed by atoms with van der Waals surface area (Å²) in [5.41, 5.74) is 14.7. The van der Waals surface area contributed by atoms with Crippen LogP contribution in [0.2, 0.25) is 0 Å². The van der Waals surface area contributed by atoms with Gasteiger partial charge in [0.05, 0.1) is 0 Å². The monoisotopic (exact) mass is 1180 g/mol. The van der Waals surface area contributed by atoms with Crippen molar-refractivity contribution in [2.75, 3.05) is 123 Å². The van der Waals surface area contributed by atoms with Crippen LogP contribution < -0.4 is 10.6 Å². The topological polar surface area (TPSA) is 77.6 Å². The van der Waals surface area contributed by atoms with Crippen molar-refractivity contribution < 1.29 is 9.59 Å². The van der Waals surface area contributed by atoms with Gasteiger partial charge < -0.3 is 40.0 Å². The van der Waals surface area contributed by atoms with E-state index in [0.29, 0.717) is 36.0 Å². The molecule has 2 N–H and O–H groups in total. The van der Waals surface area contributed by atoms with Crippen LogP contribution in [0, 0.1) is 0 Å². The number of amides is 3. The Morgan fingerprint density at radius 1 is 0.437 bits per heavy atom. The van der Waals surface area contributed by atoms with Crippen LogP contribution in [0.1, 0.15) is 213 Å². The Morgan fingerprint density at radius 2 is 0.828 bits per heavy atom. The summed E-state index contributed by atoms with van der Waals surface area (Å²) >= 11 is 0. The average Bonchev–Trinajstić information content (AvgIpc) is 4.22. The van der Waals surface area contributed by atoms with Gasteiger partial charge in [-0.25, -0.2) is 4.79 Å². The zero-order chi connectivity index (χ0) is 62.8. The molecule has 10 nitrogen and oxygen atoms in total. The van der Waals surface area contributed by atoms with E-state index >= 15 is 0 Å². The summed E-state index contributed by atoms with van der Waals surface area (Å²) in [4.78, 5) is 37.7. The lowest BCUT2D eigenvalue weighted by Crippen LogP contribution is -2.48. The molecular formula is C77H116N8O2. The number of nitrogens with one attached hydrogen (secondary N) is 2. The average molecular weight is 1190 g/mol. The number of anilines is 2. The number of carbonyl (C=O) groups excluding carboxylic acids is 2. The minimum absolute atomic E-state index is 0.00500. The van der Waals surface area contributed by atoms with Gasteiger partial charge >= 0.3 is 6.03 Å². The number of rotatable bonds is 14. The molecule has 0 aliphatic carbocycles. The molecular weight excluding hydrogens is 1070 g/mol. The first-order valence-corrected chi connectivity index (χ1v) is 33.8. The maximum absolute atomic E-state index is 12.1. The van der Waals surface area contributed by atoms with Gasteiger partial charge in [-0.2, -0.15) is 0 Å². The fraction of sp³-hybridized carbons (Fsp3) is 0.558. The van der Waals surface area contributed by atoms with Crippen molar-refractivity contribution in [1.82, 2.24) is 29.4 Å². The summed E-state index contributed by atoms with van der Waals surface area (Å²) in [6.07, 6.45) is 12.0. The molecule has 0 bridgehead atoms. The second-order valence-corrected chi connectivity index (χ2v) is 27.1. The van der Waals surface area contributed by atoms with E-state index in [1.807, 2.05) is 29.2 Å². The van der Waals surface area contributed by atoms with Gasteiger partial charge in [-0.05, 0) is 228 Å². The number of hydrogen-bond acceptors (Lipinski definition) is 7. The van der Waals surface area contributed by atoms with Gasteiger partial charge in [0, 0.05) is 63.6 Å². The van der Waals surface area contributed by atoms with Crippen molar-refractivity contribution in [3.63, 3.8) is 0 Å². The van der Waals surface area contributed by atoms with E-state index in [9.17, 15) is 9.59 Å². The zero-order valence-electron chi connectivity index (χ0n) is 56.7. The van der Waals surface area contributed by atoms with E-state index in [1.165, 1.54) is 129 Å². The highest BCUT2D eigenvalue weighted by Gasteiger charge is 2.22. The predicted molar refractivity (Wildman–Crippen MR) is 373 cm³/mol. The second kappa shape index (κ2) is 36.8. The lowest BCUT2D eigenvalue weighted by Gasteiger charge is -2.32. The molecule has 10 heteroatoms. The van der Waals surface area contributed by atoms with E-state index in [-0.39, 0.29) is 11.9 Å². The first-order valence-electron chi connectivity index (χ1n) is 33.8. The van der Waals surface area contributed by atoms with Crippen molar-refractivity contribution in [3.8, 4) is 0 Å². The molecule has 0 radical (unpaired) electrons. The fourth-order valence-electron chi connectivity index (χ4n) is 11.9. The van der Waals surface area contributed by atoms with Gasteiger partial charge in [0.1, 0.15) is 0 Å². The Bertz CT molecular complexity index is 2740. The van der Waals surface area contributed by atoms with Gasteiger partial charge in [0.25, 0.3) is 0 Å². The number of likely N-dealkylation sites (N-methyl/N-ethyl adjacent to an activating group) is 2. The molecule has 3 amide bonds. The predicted octanol–water partition coefficient (Wildman–Crippen LogP) is 17.0. The zero-order valence-corrected chi connectivity index (χ0v) is 56.7.